The minimum atomic E-state index is 0.618. The van der Waals surface area contributed by atoms with Gasteiger partial charge in [-0.25, -0.2) is 0 Å². The van der Waals surface area contributed by atoms with Crippen molar-refractivity contribution in [1.82, 2.24) is 4.90 Å². The fourth-order valence-electron chi connectivity index (χ4n) is 1.87. The van der Waals surface area contributed by atoms with Crippen LogP contribution in [0.4, 0.5) is 0 Å². The van der Waals surface area contributed by atoms with Crippen LogP contribution < -0.4 is 0 Å². The van der Waals surface area contributed by atoms with Gasteiger partial charge in [0.2, 0.25) is 0 Å². The first-order valence-corrected chi connectivity index (χ1v) is 6.07. The van der Waals surface area contributed by atoms with Gasteiger partial charge in [0.1, 0.15) is 0 Å². The Balaban J connectivity index is 2.79. The molecule has 16 heavy (non-hydrogen) atoms. The summed E-state index contributed by atoms with van der Waals surface area (Å²) in [6.07, 6.45) is 12.9. The van der Waals surface area contributed by atoms with Gasteiger partial charge in [-0.05, 0) is 38.8 Å². The monoisotopic (exact) mass is 217 g/mol. The molecule has 0 atom stereocenters. The molecule has 0 aromatic carbocycles. The van der Waals surface area contributed by atoms with Crippen LogP contribution in [0, 0.1) is 0 Å². The number of hydrogen-bond donors (Lipinski definition) is 0. The van der Waals surface area contributed by atoms with Crippen molar-refractivity contribution in [3.8, 4) is 0 Å². The van der Waals surface area contributed by atoms with E-state index < -0.39 is 0 Å². The molecule has 0 saturated heterocycles. The second-order valence-corrected chi connectivity index (χ2v) is 4.43. The van der Waals surface area contributed by atoms with Crippen LogP contribution in [-0.4, -0.2) is 24.0 Å². The summed E-state index contributed by atoms with van der Waals surface area (Å²) in [7, 11) is 0. The van der Waals surface area contributed by atoms with Crippen LogP contribution in [-0.2, 0) is 0 Å². The highest BCUT2D eigenvalue weighted by Crippen LogP contribution is 2.21. The van der Waals surface area contributed by atoms with E-state index in [0.717, 1.165) is 13.1 Å². The summed E-state index contributed by atoms with van der Waals surface area (Å²) in [6.45, 7) is 10.8. The summed E-state index contributed by atoms with van der Waals surface area (Å²) in [5.41, 5.74) is 2.90. The molecule has 88 valence electrons. The molecule has 1 heterocycles. The molecule has 0 unspecified atom stereocenters. The molecule has 1 rings (SSSR count). The second kappa shape index (κ2) is 6.49. The Kier molecular flexibility index (Phi) is 5.27. The van der Waals surface area contributed by atoms with Crippen LogP contribution in [0.3, 0.4) is 0 Å². The lowest BCUT2D eigenvalue weighted by Crippen LogP contribution is -2.28. The van der Waals surface area contributed by atoms with Crippen LogP contribution in [0.1, 0.15) is 27.7 Å². The van der Waals surface area contributed by atoms with Crippen molar-refractivity contribution in [2.45, 2.75) is 33.7 Å². The maximum atomic E-state index is 2.49. The lowest BCUT2D eigenvalue weighted by Gasteiger charge is -2.20. The lowest BCUT2D eigenvalue weighted by molar-refractivity contribution is 0.283. The average molecular weight is 217 g/mol. The van der Waals surface area contributed by atoms with Gasteiger partial charge in [-0.15, -0.1) is 0 Å². The van der Waals surface area contributed by atoms with Crippen molar-refractivity contribution >= 4 is 0 Å². The van der Waals surface area contributed by atoms with Gasteiger partial charge in [0.25, 0.3) is 0 Å². The maximum Gasteiger partial charge on any atom is 0.0243 e. The Hall–Kier alpha value is -1.08. The molecule has 0 aromatic heterocycles. The summed E-state index contributed by atoms with van der Waals surface area (Å²) in [4.78, 5) is 2.49. The molecule has 0 aromatic rings. The Morgan fingerprint density at radius 2 is 1.56 bits per heavy atom. The van der Waals surface area contributed by atoms with Gasteiger partial charge in [-0.3, -0.25) is 4.90 Å². The zero-order valence-corrected chi connectivity index (χ0v) is 10.9. The molecule has 0 aliphatic carbocycles. The Morgan fingerprint density at radius 1 is 0.938 bits per heavy atom. The topological polar surface area (TPSA) is 3.24 Å². The van der Waals surface area contributed by atoms with E-state index in [0.29, 0.717) is 6.04 Å². The molecular formula is C15H23N. The molecule has 1 aliphatic rings. The summed E-state index contributed by atoms with van der Waals surface area (Å²) in [6, 6.07) is 0.618. The standard InChI is InChI=1S/C15H23N/c1-5-7-8-10-15-12-16(13(3)4)11-14(15)9-6-2/h5-10,13H,11-12H2,1-4H3/b7-5-,9-6+,10-8-. The first kappa shape index (κ1) is 13.0. The van der Waals surface area contributed by atoms with Crippen LogP contribution in [0.5, 0.6) is 0 Å². The highest BCUT2D eigenvalue weighted by Gasteiger charge is 2.20. The Bertz CT molecular complexity index is 329. The number of rotatable bonds is 4. The van der Waals surface area contributed by atoms with Gasteiger partial charge in [0.15, 0.2) is 0 Å². The SMILES string of the molecule is C/C=C\C=C/C1=C(/C=C/C)CN(C(C)C)C1. The minimum Gasteiger partial charge on any atom is -0.292 e. The van der Waals surface area contributed by atoms with Gasteiger partial charge in [0, 0.05) is 19.1 Å². The highest BCUT2D eigenvalue weighted by atomic mass is 15.2. The third kappa shape index (κ3) is 3.49. The predicted molar refractivity (Wildman–Crippen MR) is 72.5 cm³/mol. The molecule has 1 nitrogen and oxygen atoms in total. The smallest absolute Gasteiger partial charge is 0.0243 e. The van der Waals surface area contributed by atoms with E-state index in [9.17, 15) is 0 Å². The van der Waals surface area contributed by atoms with E-state index in [4.69, 9.17) is 0 Å². The molecular weight excluding hydrogens is 194 g/mol. The van der Waals surface area contributed by atoms with Crippen LogP contribution in [0.15, 0.2) is 47.6 Å². The zero-order valence-electron chi connectivity index (χ0n) is 10.9. The number of nitrogens with zero attached hydrogens (tertiary/aromatic N) is 1. The molecule has 0 radical (unpaired) electrons. The van der Waals surface area contributed by atoms with E-state index in [1.807, 2.05) is 6.92 Å². The number of hydrogen-bond acceptors (Lipinski definition) is 1. The van der Waals surface area contributed by atoms with Gasteiger partial charge in [-0.2, -0.15) is 0 Å². The van der Waals surface area contributed by atoms with E-state index in [1.165, 1.54) is 11.1 Å². The number of allylic oxidation sites excluding steroid dienone is 4. The fraction of sp³-hybridized carbons (Fsp3) is 0.467. The van der Waals surface area contributed by atoms with Crippen molar-refractivity contribution in [2.24, 2.45) is 0 Å². The summed E-state index contributed by atoms with van der Waals surface area (Å²) in [5, 5.41) is 0. The maximum absolute atomic E-state index is 2.49. The molecule has 0 N–H and O–H groups in total. The van der Waals surface area contributed by atoms with Crippen LogP contribution >= 0.6 is 0 Å². The molecule has 0 bridgehead atoms. The van der Waals surface area contributed by atoms with Gasteiger partial charge >= 0.3 is 0 Å². The summed E-state index contributed by atoms with van der Waals surface area (Å²) in [5.74, 6) is 0. The summed E-state index contributed by atoms with van der Waals surface area (Å²) >= 11 is 0. The van der Waals surface area contributed by atoms with Crippen molar-refractivity contribution in [1.29, 1.82) is 0 Å². The van der Waals surface area contributed by atoms with E-state index in [2.05, 4.69) is 62.1 Å². The Morgan fingerprint density at radius 3 is 2.06 bits per heavy atom. The molecule has 0 spiro atoms. The van der Waals surface area contributed by atoms with E-state index in [1.54, 1.807) is 0 Å². The highest BCUT2D eigenvalue weighted by molar-refractivity contribution is 5.40. The Labute approximate surface area is 99.8 Å². The lowest BCUT2D eigenvalue weighted by atomic mass is 10.1. The molecule has 1 aliphatic heterocycles. The molecule has 0 saturated carbocycles. The summed E-state index contributed by atoms with van der Waals surface area (Å²) < 4.78 is 0. The first-order valence-electron chi connectivity index (χ1n) is 6.07. The third-order valence-corrected chi connectivity index (χ3v) is 2.86. The minimum absolute atomic E-state index is 0.618. The predicted octanol–water partition coefficient (Wildman–Crippen LogP) is 3.72. The van der Waals surface area contributed by atoms with Crippen molar-refractivity contribution < 1.29 is 0 Å². The second-order valence-electron chi connectivity index (χ2n) is 4.43. The van der Waals surface area contributed by atoms with Gasteiger partial charge in [-0.1, -0.05) is 36.5 Å². The first-order chi connectivity index (χ1) is 7.69. The van der Waals surface area contributed by atoms with Crippen molar-refractivity contribution in [3.05, 3.63) is 47.6 Å². The van der Waals surface area contributed by atoms with Crippen LogP contribution in [0.25, 0.3) is 0 Å². The van der Waals surface area contributed by atoms with E-state index >= 15 is 0 Å². The van der Waals surface area contributed by atoms with Crippen molar-refractivity contribution in [2.75, 3.05) is 13.1 Å². The molecule has 1 heteroatoms. The molecule has 0 amide bonds. The third-order valence-electron chi connectivity index (χ3n) is 2.86. The van der Waals surface area contributed by atoms with Gasteiger partial charge < -0.3 is 0 Å². The largest absolute Gasteiger partial charge is 0.292 e. The average Bonchev–Trinajstić information content (AvgIpc) is 2.63. The quantitative estimate of drug-likeness (QED) is 0.649. The van der Waals surface area contributed by atoms with Gasteiger partial charge in [0.05, 0.1) is 0 Å². The zero-order chi connectivity index (χ0) is 12.0. The van der Waals surface area contributed by atoms with Crippen LogP contribution in [0.2, 0.25) is 0 Å². The molecule has 0 fully saturated rings. The van der Waals surface area contributed by atoms with E-state index in [-0.39, 0.29) is 0 Å². The van der Waals surface area contributed by atoms with Crippen molar-refractivity contribution in [3.63, 3.8) is 0 Å². The fourth-order valence-corrected chi connectivity index (χ4v) is 1.87. The normalized spacial score (nSPS) is 19.3.